The maximum atomic E-state index is 12.9. The van der Waals surface area contributed by atoms with Crippen LogP contribution in [0.15, 0.2) is 24.7 Å². The van der Waals surface area contributed by atoms with Gasteiger partial charge in [-0.2, -0.15) is 5.10 Å². The van der Waals surface area contributed by atoms with E-state index in [4.69, 9.17) is 4.74 Å². The lowest BCUT2D eigenvalue weighted by Crippen LogP contribution is -2.39. The van der Waals surface area contributed by atoms with Gasteiger partial charge in [0.05, 0.1) is 29.9 Å². The monoisotopic (exact) mass is 450 g/mol. The number of aryl methyl sites for hydroxylation is 1. The van der Waals surface area contributed by atoms with Crippen molar-refractivity contribution in [2.45, 2.75) is 39.2 Å². The van der Waals surface area contributed by atoms with Gasteiger partial charge in [-0.25, -0.2) is 9.97 Å². The van der Waals surface area contributed by atoms with Crippen LogP contribution in [-0.4, -0.2) is 51.2 Å². The average molecular weight is 451 g/mol. The van der Waals surface area contributed by atoms with Gasteiger partial charge >= 0.3 is 0 Å². The number of amides is 1. The van der Waals surface area contributed by atoms with E-state index in [2.05, 4.69) is 25.5 Å². The van der Waals surface area contributed by atoms with Crippen molar-refractivity contribution in [1.82, 2.24) is 25.1 Å². The third-order valence-corrected chi connectivity index (χ3v) is 7.49. The highest BCUT2D eigenvalue weighted by atomic mass is 32.1. The highest BCUT2D eigenvalue weighted by Gasteiger charge is 2.31. The van der Waals surface area contributed by atoms with Gasteiger partial charge in [-0.05, 0) is 44.7 Å². The fraction of sp³-hybridized carbons (Fsp3) is 0.391. The lowest BCUT2D eigenvalue weighted by molar-refractivity contribution is -0.136. The molecule has 1 aliphatic carbocycles. The molecule has 5 rings (SSSR count). The number of carbonyl (C=O) groups is 1. The first-order valence-corrected chi connectivity index (χ1v) is 11.6. The Labute approximate surface area is 190 Å². The van der Waals surface area contributed by atoms with E-state index in [1.165, 1.54) is 10.4 Å². The number of methoxy groups -OCH3 is 1. The molecule has 8 nitrogen and oxygen atoms in total. The molecule has 2 N–H and O–H groups in total. The first-order valence-electron chi connectivity index (χ1n) is 10.8. The molecule has 1 aliphatic rings. The number of aromatic nitrogens is 4. The minimum Gasteiger partial charge on any atom is -0.494 e. The quantitative estimate of drug-likeness (QED) is 0.471. The fourth-order valence-corrected chi connectivity index (χ4v) is 5.59. The Kier molecular flexibility index (Phi) is 5.21. The first kappa shape index (κ1) is 20.7. The minimum atomic E-state index is 0.0240. The molecule has 1 aromatic carbocycles. The van der Waals surface area contributed by atoms with Crippen molar-refractivity contribution in [3.05, 3.63) is 35.1 Å². The molecule has 0 saturated carbocycles. The average Bonchev–Trinajstić information content (AvgIpc) is 3.40. The molecule has 0 bridgehead atoms. The van der Waals surface area contributed by atoms with Crippen LogP contribution in [0.5, 0.6) is 5.75 Å². The van der Waals surface area contributed by atoms with Gasteiger partial charge in [0.15, 0.2) is 0 Å². The van der Waals surface area contributed by atoms with Gasteiger partial charge < -0.3 is 15.0 Å². The van der Waals surface area contributed by atoms with Gasteiger partial charge in [-0.1, -0.05) is 0 Å². The molecule has 0 unspecified atom stereocenters. The van der Waals surface area contributed by atoms with Gasteiger partial charge in [0.25, 0.3) is 0 Å². The number of hydrogen-bond donors (Lipinski definition) is 2. The van der Waals surface area contributed by atoms with Gasteiger partial charge in [0, 0.05) is 35.3 Å². The Morgan fingerprint density at radius 3 is 2.97 bits per heavy atom. The van der Waals surface area contributed by atoms with Crippen LogP contribution < -0.4 is 10.1 Å². The zero-order valence-corrected chi connectivity index (χ0v) is 19.4. The Morgan fingerprint density at radius 2 is 2.19 bits per heavy atom. The van der Waals surface area contributed by atoms with Crippen molar-refractivity contribution in [2.75, 3.05) is 19.5 Å². The largest absolute Gasteiger partial charge is 0.494 e. The SMILES string of the molecule is COc1cc2[nH]ncc2cc1Nc1ncnc2sc3c(c12)CC[C@@H](C(=O)N(C)C(C)C)C3. The second-order valence-electron chi connectivity index (χ2n) is 8.52. The third kappa shape index (κ3) is 3.46. The van der Waals surface area contributed by atoms with Crippen LogP contribution >= 0.6 is 11.3 Å². The van der Waals surface area contributed by atoms with Gasteiger partial charge in [-0.3, -0.25) is 9.89 Å². The summed E-state index contributed by atoms with van der Waals surface area (Å²) >= 11 is 1.67. The lowest BCUT2D eigenvalue weighted by Gasteiger charge is -2.29. The number of carbonyl (C=O) groups excluding carboxylic acids is 1. The van der Waals surface area contributed by atoms with Crippen LogP contribution in [0.4, 0.5) is 11.5 Å². The van der Waals surface area contributed by atoms with Crippen molar-refractivity contribution in [1.29, 1.82) is 0 Å². The molecule has 0 spiro atoms. The van der Waals surface area contributed by atoms with Crippen LogP contribution in [0, 0.1) is 5.92 Å². The van der Waals surface area contributed by atoms with Crippen molar-refractivity contribution in [3.8, 4) is 5.75 Å². The summed E-state index contributed by atoms with van der Waals surface area (Å²) in [6.07, 6.45) is 5.82. The summed E-state index contributed by atoms with van der Waals surface area (Å²) in [7, 11) is 3.54. The van der Waals surface area contributed by atoms with Crippen LogP contribution in [0.2, 0.25) is 0 Å². The van der Waals surface area contributed by atoms with E-state index >= 15 is 0 Å². The summed E-state index contributed by atoms with van der Waals surface area (Å²) in [6, 6.07) is 4.13. The van der Waals surface area contributed by atoms with Crippen LogP contribution in [0.25, 0.3) is 21.1 Å². The second kappa shape index (κ2) is 8.05. The van der Waals surface area contributed by atoms with E-state index in [-0.39, 0.29) is 17.9 Å². The molecule has 3 aromatic heterocycles. The number of thiophene rings is 1. The number of ether oxygens (including phenoxy) is 1. The standard InChI is InChI=1S/C23H26N6O2S/c1-12(2)29(3)23(30)13-5-6-15-19(8-13)32-22-20(15)21(24-11-25-22)27-17-7-14-10-26-28-16(14)9-18(17)31-4/h7,9-13H,5-6,8H2,1-4H3,(H,26,28)(H,24,25,27)/t13-/m1/s1. The molecule has 32 heavy (non-hydrogen) atoms. The Bertz CT molecular complexity index is 1310. The molecular formula is C23H26N6O2S. The highest BCUT2D eigenvalue weighted by Crippen LogP contribution is 2.42. The summed E-state index contributed by atoms with van der Waals surface area (Å²) in [5.41, 5.74) is 2.99. The molecule has 1 amide bonds. The number of fused-ring (bicyclic) bond motifs is 4. The van der Waals surface area contributed by atoms with Crippen molar-refractivity contribution in [3.63, 3.8) is 0 Å². The van der Waals surface area contributed by atoms with Crippen molar-refractivity contribution in [2.24, 2.45) is 5.92 Å². The van der Waals surface area contributed by atoms with E-state index in [1.54, 1.807) is 31.0 Å². The van der Waals surface area contributed by atoms with E-state index < -0.39 is 0 Å². The Balaban J connectivity index is 1.50. The molecular weight excluding hydrogens is 424 g/mol. The maximum Gasteiger partial charge on any atom is 0.226 e. The summed E-state index contributed by atoms with van der Waals surface area (Å²) in [4.78, 5) is 26.0. The molecule has 0 fully saturated rings. The molecule has 9 heteroatoms. The van der Waals surface area contributed by atoms with Crippen LogP contribution in [-0.2, 0) is 17.6 Å². The molecule has 3 heterocycles. The number of nitrogens with zero attached hydrogens (tertiary/aromatic N) is 4. The summed E-state index contributed by atoms with van der Waals surface area (Å²) in [6.45, 7) is 4.10. The Morgan fingerprint density at radius 1 is 1.34 bits per heavy atom. The summed E-state index contributed by atoms with van der Waals surface area (Å²) in [5.74, 6) is 1.72. The highest BCUT2D eigenvalue weighted by molar-refractivity contribution is 7.19. The van der Waals surface area contributed by atoms with Crippen LogP contribution in [0.1, 0.15) is 30.7 Å². The molecule has 4 aromatic rings. The fourth-order valence-electron chi connectivity index (χ4n) is 4.32. The molecule has 0 saturated heterocycles. The summed E-state index contributed by atoms with van der Waals surface area (Å²) < 4.78 is 5.59. The lowest BCUT2D eigenvalue weighted by atomic mass is 9.86. The number of rotatable bonds is 5. The topological polar surface area (TPSA) is 96.0 Å². The van der Waals surface area contributed by atoms with Gasteiger partial charge in [-0.15, -0.1) is 11.3 Å². The normalized spacial score (nSPS) is 15.8. The number of benzene rings is 1. The minimum absolute atomic E-state index is 0.0240. The molecule has 0 aliphatic heterocycles. The van der Waals surface area contributed by atoms with E-state index in [9.17, 15) is 4.79 Å². The molecule has 1 atom stereocenters. The maximum absolute atomic E-state index is 12.9. The number of nitrogens with one attached hydrogen (secondary N) is 2. The predicted octanol–water partition coefficient (Wildman–Crippen LogP) is 4.29. The van der Waals surface area contributed by atoms with E-state index in [0.717, 1.165) is 51.9 Å². The third-order valence-electron chi connectivity index (χ3n) is 6.33. The molecule has 0 radical (unpaired) electrons. The molecule has 166 valence electrons. The van der Waals surface area contributed by atoms with Crippen molar-refractivity contribution < 1.29 is 9.53 Å². The number of hydrogen-bond acceptors (Lipinski definition) is 7. The van der Waals surface area contributed by atoms with E-state index in [0.29, 0.717) is 5.75 Å². The number of aromatic amines is 1. The number of H-pyrrole nitrogens is 1. The van der Waals surface area contributed by atoms with E-state index in [1.807, 2.05) is 37.9 Å². The second-order valence-corrected chi connectivity index (χ2v) is 9.61. The van der Waals surface area contributed by atoms with Crippen molar-refractivity contribution >= 4 is 49.9 Å². The van der Waals surface area contributed by atoms with Crippen LogP contribution in [0.3, 0.4) is 0 Å². The van der Waals surface area contributed by atoms with Gasteiger partial charge in [0.2, 0.25) is 5.91 Å². The number of anilines is 2. The smallest absolute Gasteiger partial charge is 0.226 e. The Hall–Kier alpha value is -3.20. The first-order chi connectivity index (χ1) is 15.5. The summed E-state index contributed by atoms with van der Waals surface area (Å²) in [5, 5.41) is 12.6. The predicted molar refractivity (Wildman–Crippen MR) is 127 cm³/mol. The zero-order valence-electron chi connectivity index (χ0n) is 18.6. The zero-order chi connectivity index (χ0) is 22.4. The van der Waals surface area contributed by atoms with Gasteiger partial charge in [0.1, 0.15) is 22.7 Å².